The third-order valence-corrected chi connectivity index (χ3v) is 8.38. The lowest BCUT2D eigenvalue weighted by Crippen LogP contribution is -1.99. The van der Waals surface area contributed by atoms with Gasteiger partial charge < -0.3 is 4.57 Å². The molecule has 0 bridgehead atoms. The molecule has 196 valence electrons. The molecule has 0 amide bonds. The van der Waals surface area contributed by atoms with Crippen molar-refractivity contribution in [3.63, 3.8) is 0 Å². The summed E-state index contributed by atoms with van der Waals surface area (Å²) in [6, 6.07) is 47.5. The van der Waals surface area contributed by atoms with Gasteiger partial charge in [-0.15, -0.1) is 0 Å². The summed E-state index contributed by atoms with van der Waals surface area (Å²) in [5.74, 6) is 0.887. The Labute approximate surface area is 241 Å². The van der Waals surface area contributed by atoms with E-state index in [-0.39, 0.29) is 0 Å². The first-order valence-electron chi connectivity index (χ1n) is 14.2. The van der Waals surface area contributed by atoms with Crippen molar-refractivity contribution in [1.82, 2.24) is 19.1 Å². The second-order valence-corrected chi connectivity index (χ2v) is 10.7. The van der Waals surface area contributed by atoms with Crippen LogP contribution in [0.25, 0.3) is 77.1 Å². The Bertz CT molecular complexity index is 2450. The molecule has 4 heterocycles. The van der Waals surface area contributed by atoms with Crippen molar-refractivity contribution < 1.29 is 0 Å². The molecule has 4 heteroatoms. The molecule has 0 unspecified atom stereocenters. The van der Waals surface area contributed by atoms with Gasteiger partial charge in [-0.3, -0.25) is 9.55 Å². The number of hydrogen-bond acceptors (Lipinski definition) is 2. The monoisotopic (exact) mass is 536 g/mol. The maximum atomic E-state index is 5.15. The molecule has 0 saturated carbocycles. The van der Waals surface area contributed by atoms with Gasteiger partial charge in [-0.05, 0) is 66.0 Å². The lowest BCUT2D eigenvalue weighted by Gasteiger charge is -2.12. The molecule has 9 aromatic rings. The molecule has 0 N–H and O–H groups in total. The van der Waals surface area contributed by atoms with Gasteiger partial charge in [0, 0.05) is 50.6 Å². The number of hydrogen-bond donors (Lipinski definition) is 0. The van der Waals surface area contributed by atoms with Gasteiger partial charge in [0.05, 0.1) is 27.8 Å². The van der Waals surface area contributed by atoms with Crippen molar-refractivity contribution in [1.29, 1.82) is 0 Å². The van der Waals surface area contributed by atoms with E-state index in [2.05, 4.69) is 135 Å². The zero-order valence-electron chi connectivity index (χ0n) is 22.6. The van der Waals surface area contributed by atoms with Crippen LogP contribution in [0.3, 0.4) is 0 Å². The van der Waals surface area contributed by atoms with Gasteiger partial charge in [0.15, 0.2) is 0 Å². The minimum atomic E-state index is 0.887. The van der Waals surface area contributed by atoms with Crippen LogP contribution in [0.2, 0.25) is 0 Å². The summed E-state index contributed by atoms with van der Waals surface area (Å²) < 4.78 is 4.71. The van der Waals surface area contributed by atoms with Crippen LogP contribution >= 0.6 is 0 Å². The molecule has 0 fully saturated rings. The zero-order chi connectivity index (χ0) is 27.6. The first kappa shape index (κ1) is 23.0. The van der Waals surface area contributed by atoms with Crippen LogP contribution in [-0.2, 0) is 0 Å². The van der Waals surface area contributed by atoms with E-state index in [9.17, 15) is 0 Å². The number of benzene rings is 5. The maximum absolute atomic E-state index is 5.15. The maximum Gasteiger partial charge on any atom is 0.138 e. The molecule has 0 radical (unpaired) electrons. The van der Waals surface area contributed by atoms with E-state index in [1.54, 1.807) is 6.20 Å². The number of aromatic nitrogens is 4. The van der Waals surface area contributed by atoms with Crippen molar-refractivity contribution in [2.24, 2.45) is 0 Å². The topological polar surface area (TPSA) is 35.6 Å². The van der Waals surface area contributed by atoms with Gasteiger partial charge in [0.2, 0.25) is 0 Å². The van der Waals surface area contributed by atoms with E-state index in [4.69, 9.17) is 4.98 Å². The first-order chi connectivity index (χ1) is 20.8. The minimum Gasteiger partial charge on any atom is -0.309 e. The molecule has 0 atom stereocenters. The molecule has 0 aliphatic heterocycles. The third kappa shape index (κ3) is 3.29. The number of fused-ring (bicyclic) bond motifs is 8. The fraction of sp³-hybridized carbons (Fsp3) is 0. The van der Waals surface area contributed by atoms with E-state index in [1.165, 1.54) is 43.4 Å². The average molecular weight is 537 g/mol. The quantitative estimate of drug-likeness (QED) is 0.225. The van der Waals surface area contributed by atoms with Crippen LogP contribution in [0, 0.1) is 0 Å². The van der Waals surface area contributed by atoms with Crippen molar-refractivity contribution >= 4 is 54.4 Å². The van der Waals surface area contributed by atoms with Gasteiger partial charge in [0.25, 0.3) is 0 Å². The average Bonchev–Trinajstić information content (AvgIpc) is 3.57. The van der Waals surface area contributed by atoms with E-state index in [1.807, 2.05) is 18.3 Å². The Kier molecular flexibility index (Phi) is 4.87. The fourth-order valence-electron chi connectivity index (χ4n) is 6.56. The number of rotatable bonds is 3. The van der Waals surface area contributed by atoms with E-state index < -0.39 is 0 Å². The summed E-state index contributed by atoms with van der Waals surface area (Å²) in [4.78, 5) is 9.46. The molecule has 0 aliphatic rings. The molecular formula is C38H24N4. The van der Waals surface area contributed by atoms with Gasteiger partial charge in [0.1, 0.15) is 5.82 Å². The summed E-state index contributed by atoms with van der Waals surface area (Å²) in [5, 5.41) is 7.37. The molecule has 0 saturated heterocycles. The van der Waals surface area contributed by atoms with Crippen molar-refractivity contribution in [2.75, 3.05) is 0 Å². The summed E-state index contributed by atoms with van der Waals surface area (Å²) >= 11 is 0. The summed E-state index contributed by atoms with van der Waals surface area (Å²) in [7, 11) is 0. The minimum absolute atomic E-state index is 0.887. The number of pyridine rings is 2. The molecule has 5 aromatic carbocycles. The zero-order valence-corrected chi connectivity index (χ0v) is 22.6. The Hall–Kier alpha value is -5.74. The van der Waals surface area contributed by atoms with Gasteiger partial charge in [-0.25, -0.2) is 4.98 Å². The van der Waals surface area contributed by atoms with E-state index in [0.29, 0.717) is 0 Å². The summed E-state index contributed by atoms with van der Waals surface area (Å²) in [6.45, 7) is 0. The highest BCUT2D eigenvalue weighted by atomic mass is 15.1. The van der Waals surface area contributed by atoms with Gasteiger partial charge in [-0.1, -0.05) is 72.8 Å². The predicted molar refractivity (Wildman–Crippen MR) is 174 cm³/mol. The smallest absolute Gasteiger partial charge is 0.138 e. The van der Waals surface area contributed by atoms with Crippen LogP contribution in [-0.4, -0.2) is 19.1 Å². The fourth-order valence-corrected chi connectivity index (χ4v) is 6.56. The highest BCUT2D eigenvalue weighted by Crippen LogP contribution is 2.40. The van der Waals surface area contributed by atoms with Crippen molar-refractivity contribution in [3.8, 4) is 22.8 Å². The largest absolute Gasteiger partial charge is 0.309 e. The van der Waals surface area contributed by atoms with Crippen LogP contribution in [0.1, 0.15) is 0 Å². The van der Waals surface area contributed by atoms with E-state index in [0.717, 1.165) is 33.8 Å². The Morgan fingerprint density at radius 2 is 1.24 bits per heavy atom. The second kappa shape index (κ2) is 8.88. The first-order valence-corrected chi connectivity index (χ1v) is 14.2. The van der Waals surface area contributed by atoms with Crippen molar-refractivity contribution in [2.45, 2.75) is 0 Å². The number of para-hydroxylation sites is 3. The van der Waals surface area contributed by atoms with E-state index >= 15 is 0 Å². The molecule has 0 spiro atoms. The van der Waals surface area contributed by atoms with Crippen LogP contribution in [0.15, 0.2) is 146 Å². The molecule has 4 aromatic heterocycles. The highest BCUT2D eigenvalue weighted by Gasteiger charge is 2.19. The Morgan fingerprint density at radius 3 is 2.05 bits per heavy atom. The van der Waals surface area contributed by atoms with Gasteiger partial charge >= 0.3 is 0 Å². The van der Waals surface area contributed by atoms with Gasteiger partial charge in [-0.2, -0.15) is 0 Å². The lowest BCUT2D eigenvalue weighted by molar-refractivity contribution is 1.08. The van der Waals surface area contributed by atoms with Crippen LogP contribution in [0.4, 0.5) is 0 Å². The Morgan fingerprint density at radius 1 is 0.476 bits per heavy atom. The second-order valence-electron chi connectivity index (χ2n) is 10.7. The summed E-state index contributed by atoms with van der Waals surface area (Å²) in [5.41, 5.74) is 7.75. The molecule has 4 nitrogen and oxygen atoms in total. The van der Waals surface area contributed by atoms with Crippen molar-refractivity contribution in [3.05, 3.63) is 146 Å². The van der Waals surface area contributed by atoms with Crippen LogP contribution in [0.5, 0.6) is 0 Å². The molecule has 42 heavy (non-hydrogen) atoms. The standard InChI is InChI=1S/C38H24N4/c1-2-11-27(12-3-1)41-34-16-6-4-13-28(34)30-20-19-25-22-32-29-14-5-7-17-35(29)42(36(32)23-31(25)38(30)41)37-18-8-15-33(40-37)26-10-9-21-39-24-26/h1-24H. The lowest BCUT2D eigenvalue weighted by atomic mass is 10.0. The third-order valence-electron chi connectivity index (χ3n) is 8.38. The van der Waals surface area contributed by atoms with Crippen LogP contribution < -0.4 is 0 Å². The SMILES string of the molecule is c1ccc(-n2c3ccccc3c3ccc4cc5c6ccccc6n(-c6cccc(-c7cccnc7)n6)c5cc4c32)cc1. The predicted octanol–water partition coefficient (Wildman–Crippen LogP) is 9.49. The normalized spacial score (nSPS) is 11.8. The Balaban J connectivity index is 1.42. The molecule has 9 rings (SSSR count). The molecule has 0 aliphatic carbocycles. The molecular weight excluding hydrogens is 512 g/mol. The summed E-state index contributed by atoms with van der Waals surface area (Å²) in [6.07, 6.45) is 3.66. The number of nitrogens with zero attached hydrogens (tertiary/aromatic N) is 4. The highest BCUT2D eigenvalue weighted by molar-refractivity contribution is 6.22.